The van der Waals surface area contributed by atoms with E-state index in [1.165, 1.54) is 18.4 Å². The van der Waals surface area contributed by atoms with Crippen molar-refractivity contribution in [2.45, 2.75) is 39.0 Å². The van der Waals surface area contributed by atoms with Gasteiger partial charge in [0.25, 0.3) is 0 Å². The van der Waals surface area contributed by atoms with Crippen molar-refractivity contribution >= 4 is 0 Å². The molecule has 17 heavy (non-hydrogen) atoms. The molecule has 0 aromatic heterocycles. The van der Waals surface area contributed by atoms with Crippen molar-refractivity contribution < 1.29 is 0 Å². The number of unbranched alkanes of at least 4 members (excludes halogenated alkanes) is 1. The highest BCUT2D eigenvalue weighted by molar-refractivity contribution is 5.19. The Balaban J connectivity index is 2.15. The van der Waals surface area contributed by atoms with E-state index < -0.39 is 0 Å². The Bertz CT molecular complexity index is 303. The molecule has 0 aliphatic heterocycles. The van der Waals surface area contributed by atoms with E-state index in [0.717, 1.165) is 19.5 Å². The Morgan fingerprint density at radius 2 is 1.94 bits per heavy atom. The molecule has 0 amide bonds. The van der Waals surface area contributed by atoms with E-state index in [4.69, 9.17) is 0 Å². The average molecular weight is 231 g/mol. The van der Waals surface area contributed by atoms with Crippen LogP contribution in [0, 0.1) is 0 Å². The Labute approximate surface area is 106 Å². The summed E-state index contributed by atoms with van der Waals surface area (Å²) in [6.45, 7) is 6.64. The second kappa shape index (κ2) is 9.00. The van der Waals surface area contributed by atoms with Crippen LogP contribution in [0.4, 0.5) is 0 Å². The first-order chi connectivity index (χ1) is 8.34. The number of hydrogen-bond acceptors (Lipinski definition) is 1. The summed E-state index contributed by atoms with van der Waals surface area (Å²) in [7, 11) is 0. The largest absolute Gasteiger partial charge is 0.313 e. The Morgan fingerprint density at radius 3 is 2.65 bits per heavy atom. The molecule has 0 saturated carbocycles. The summed E-state index contributed by atoms with van der Waals surface area (Å²) in [6, 6.07) is 10.7. The van der Waals surface area contributed by atoms with E-state index in [-0.39, 0.29) is 0 Å². The molecule has 94 valence electrons. The molecule has 1 N–H and O–H groups in total. The van der Waals surface area contributed by atoms with Gasteiger partial charge in [-0.15, -0.1) is 0 Å². The molecule has 0 heterocycles. The molecule has 0 spiro atoms. The van der Waals surface area contributed by atoms with E-state index in [9.17, 15) is 0 Å². The van der Waals surface area contributed by atoms with Crippen LogP contribution >= 0.6 is 0 Å². The highest BCUT2D eigenvalue weighted by Crippen LogP contribution is 2.18. The van der Waals surface area contributed by atoms with Crippen LogP contribution < -0.4 is 5.32 Å². The molecule has 0 saturated heterocycles. The minimum Gasteiger partial charge on any atom is -0.313 e. The second-order valence-corrected chi connectivity index (χ2v) is 4.58. The van der Waals surface area contributed by atoms with Crippen LogP contribution in [0.15, 0.2) is 42.5 Å². The number of allylic oxidation sites excluding steroid dienone is 1. The minimum atomic E-state index is 0.614. The molecule has 1 heteroatoms. The smallest absolute Gasteiger partial charge is 0.0134 e. The summed E-state index contributed by atoms with van der Waals surface area (Å²) in [5.74, 6) is 0.614. The average Bonchev–Trinajstić information content (AvgIpc) is 2.38. The lowest BCUT2D eigenvalue weighted by molar-refractivity contribution is 0.679. The van der Waals surface area contributed by atoms with E-state index >= 15 is 0 Å². The maximum atomic E-state index is 3.41. The first-order valence-electron chi connectivity index (χ1n) is 6.75. The van der Waals surface area contributed by atoms with Crippen molar-refractivity contribution in [3.05, 3.63) is 48.0 Å². The molecule has 1 aromatic carbocycles. The fourth-order valence-electron chi connectivity index (χ4n) is 1.79. The van der Waals surface area contributed by atoms with Crippen LogP contribution in [0.1, 0.15) is 44.6 Å². The van der Waals surface area contributed by atoms with E-state index in [1.807, 2.05) is 0 Å². The molecule has 0 fully saturated rings. The summed E-state index contributed by atoms with van der Waals surface area (Å²) < 4.78 is 0. The SMILES string of the molecule is CCCCNCC=CCC(C)c1ccccc1. The highest BCUT2D eigenvalue weighted by Gasteiger charge is 2.00. The molecule has 0 aliphatic rings. The predicted molar refractivity (Wildman–Crippen MR) is 76.4 cm³/mol. The number of hydrogen-bond donors (Lipinski definition) is 1. The third-order valence-corrected chi connectivity index (χ3v) is 2.99. The standard InChI is InChI=1S/C16H25N/c1-3-4-13-17-14-9-8-10-15(2)16-11-6-5-7-12-16/h5-9,11-12,15,17H,3-4,10,13-14H2,1-2H3. The number of nitrogens with one attached hydrogen (secondary N) is 1. The third kappa shape index (κ3) is 6.28. The summed E-state index contributed by atoms with van der Waals surface area (Å²) in [6.07, 6.45) is 8.20. The van der Waals surface area contributed by atoms with Crippen molar-refractivity contribution in [3.63, 3.8) is 0 Å². The Kier molecular flexibility index (Phi) is 7.40. The summed E-state index contributed by atoms with van der Waals surface area (Å²) >= 11 is 0. The maximum absolute atomic E-state index is 3.41. The minimum absolute atomic E-state index is 0.614. The van der Waals surface area contributed by atoms with Crippen LogP contribution in [0.3, 0.4) is 0 Å². The van der Waals surface area contributed by atoms with E-state index in [2.05, 4.69) is 61.6 Å². The van der Waals surface area contributed by atoms with Gasteiger partial charge in [0.2, 0.25) is 0 Å². The van der Waals surface area contributed by atoms with Gasteiger partial charge in [-0.25, -0.2) is 0 Å². The number of rotatable bonds is 8. The summed E-state index contributed by atoms with van der Waals surface area (Å²) in [5, 5.41) is 3.41. The van der Waals surface area contributed by atoms with Gasteiger partial charge in [0, 0.05) is 6.54 Å². The highest BCUT2D eigenvalue weighted by atomic mass is 14.8. The van der Waals surface area contributed by atoms with Gasteiger partial charge in [-0.05, 0) is 30.9 Å². The number of benzene rings is 1. The van der Waals surface area contributed by atoms with Gasteiger partial charge in [0.15, 0.2) is 0 Å². The summed E-state index contributed by atoms with van der Waals surface area (Å²) in [4.78, 5) is 0. The van der Waals surface area contributed by atoms with Gasteiger partial charge in [0.05, 0.1) is 0 Å². The fraction of sp³-hybridized carbons (Fsp3) is 0.500. The van der Waals surface area contributed by atoms with Gasteiger partial charge in [-0.1, -0.05) is 62.8 Å². The Morgan fingerprint density at radius 1 is 1.18 bits per heavy atom. The van der Waals surface area contributed by atoms with Gasteiger partial charge in [-0.2, -0.15) is 0 Å². The fourth-order valence-corrected chi connectivity index (χ4v) is 1.79. The lowest BCUT2D eigenvalue weighted by atomic mass is 9.98. The Hall–Kier alpha value is -1.08. The van der Waals surface area contributed by atoms with Crippen molar-refractivity contribution in [1.82, 2.24) is 5.32 Å². The zero-order valence-corrected chi connectivity index (χ0v) is 11.2. The normalized spacial score (nSPS) is 13.1. The molecule has 0 aliphatic carbocycles. The molecule has 1 atom stereocenters. The molecular formula is C16H25N. The monoisotopic (exact) mass is 231 g/mol. The van der Waals surface area contributed by atoms with Crippen molar-refractivity contribution in [1.29, 1.82) is 0 Å². The van der Waals surface area contributed by atoms with Crippen molar-refractivity contribution in [2.24, 2.45) is 0 Å². The molecule has 0 radical (unpaired) electrons. The quantitative estimate of drug-likeness (QED) is 0.524. The van der Waals surface area contributed by atoms with Crippen LogP contribution in [0.5, 0.6) is 0 Å². The molecule has 1 nitrogen and oxygen atoms in total. The van der Waals surface area contributed by atoms with Gasteiger partial charge >= 0.3 is 0 Å². The summed E-state index contributed by atoms with van der Waals surface area (Å²) in [5.41, 5.74) is 1.43. The molecule has 1 unspecified atom stereocenters. The first-order valence-corrected chi connectivity index (χ1v) is 6.75. The second-order valence-electron chi connectivity index (χ2n) is 4.58. The van der Waals surface area contributed by atoms with Crippen molar-refractivity contribution in [3.8, 4) is 0 Å². The van der Waals surface area contributed by atoms with E-state index in [1.54, 1.807) is 0 Å². The first kappa shape index (κ1) is 14.0. The zero-order chi connectivity index (χ0) is 12.3. The van der Waals surface area contributed by atoms with Crippen LogP contribution in [0.25, 0.3) is 0 Å². The lowest BCUT2D eigenvalue weighted by Gasteiger charge is -2.08. The molecule has 1 aromatic rings. The molecule has 1 rings (SSSR count). The van der Waals surface area contributed by atoms with Gasteiger partial charge in [-0.3, -0.25) is 0 Å². The van der Waals surface area contributed by atoms with Crippen LogP contribution in [-0.4, -0.2) is 13.1 Å². The zero-order valence-electron chi connectivity index (χ0n) is 11.2. The maximum Gasteiger partial charge on any atom is 0.0134 e. The third-order valence-electron chi connectivity index (χ3n) is 2.99. The topological polar surface area (TPSA) is 12.0 Å². The van der Waals surface area contributed by atoms with Crippen LogP contribution in [-0.2, 0) is 0 Å². The predicted octanol–water partition coefficient (Wildman–Crippen LogP) is 4.13. The lowest BCUT2D eigenvalue weighted by Crippen LogP contribution is -2.14. The van der Waals surface area contributed by atoms with Crippen molar-refractivity contribution in [2.75, 3.05) is 13.1 Å². The molecule has 0 bridgehead atoms. The van der Waals surface area contributed by atoms with Gasteiger partial charge < -0.3 is 5.32 Å². The van der Waals surface area contributed by atoms with E-state index in [0.29, 0.717) is 5.92 Å². The van der Waals surface area contributed by atoms with Crippen LogP contribution in [0.2, 0.25) is 0 Å². The van der Waals surface area contributed by atoms with Gasteiger partial charge in [0.1, 0.15) is 0 Å². The molecular weight excluding hydrogens is 206 g/mol.